The molecule has 6 heteroatoms. The Morgan fingerprint density at radius 3 is 2.68 bits per heavy atom. The Balaban J connectivity index is 0.00000132. The topological polar surface area (TPSA) is 35.6 Å². The summed E-state index contributed by atoms with van der Waals surface area (Å²) < 4.78 is 0. The Morgan fingerprint density at radius 1 is 1.23 bits per heavy atom. The van der Waals surface area contributed by atoms with Gasteiger partial charge in [0.25, 0.3) is 5.91 Å². The zero-order valence-electron chi connectivity index (χ0n) is 14.3. The van der Waals surface area contributed by atoms with Gasteiger partial charge in [0, 0.05) is 44.2 Å². The molecule has 0 bridgehead atoms. The van der Waals surface area contributed by atoms with Crippen molar-refractivity contribution in [2.24, 2.45) is 0 Å². The van der Waals surface area contributed by atoms with Crippen LogP contribution in [0.4, 0.5) is 5.69 Å². The van der Waals surface area contributed by atoms with Gasteiger partial charge in [-0.15, -0.1) is 11.8 Å². The van der Waals surface area contributed by atoms with Crippen LogP contribution in [-0.2, 0) is 4.79 Å². The summed E-state index contributed by atoms with van der Waals surface area (Å²) in [5.74, 6) is 1.01. The zero-order chi connectivity index (χ0) is 14.7. The first-order valence-electron chi connectivity index (χ1n) is 7.39. The second kappa shape index (κ2) is 8.41. The molecule has 114 valence electrons. The van der Waals surface area contributed by atoms with Crippen molar-refractivity contribution >= 4 is 29.4 Å². The summed E-state index contributed by atoms with van der Waals surface area (Å²) in [4.78, 5) is 17.5. The summed E-state index contributed by atoms with van der Waals surface area (Å²) in [6.07, 6.45) is 2.03. The minimum absolute atomic E-state index is 0. The maximum atomic E-state index is 11.9. The molecular formula is C16H22N3NaOS. The van der Waals surface area contributed by atoms with E-state index < -0.39 is 0 Å². The zero-order valence-corrected chi connectivity index (χ0v) is 16.2. The Hall–Kier alpha value is -0.460. The molecule has 3 rings (SSSR count). The third-order valence-corrected chi connectivity index (χ3v) is 4.96. The summed E-state index contributed by atoms with van der Waals surface area (Å²) in [6, 6.07) is 8.37. The first kappa shape index (κ1) is 17.9. The van der Waals surface area contributed by atoms with Crippen LogP contribution in [0.3, 0.4) is 0 Å². The van der Waals surface area contributed by atoms with E-state index in [0.29, 0.717) is 0 Å². The number of para-hydroxylation sites is 1. The number of nitrogens with one attached hydrogen (secondary N) is 1. The number of carbonyl (C=O) groups is 1. The van der Waals surface area contributed by atoms with Gasteiger partial charge in [-0.25, -0.2) is 0 Å². The number of amides is 1. The fraction of sp³-hybridized carbons (Fsp3) is 0.438. The van der Waals surface area contributed by atoms with Crippen molar-refractivity contribution < 1.29 is 35.8 Å². The van der Waals surface area contributed by atoms with Gasteiger partial charge in [0.2, 0.25) is 0 Å². The second-order valence-corrected chi connectivity index (χ2v) is 6.60. The van der Waals surface area contributed by atoms with Gasteiger partial charge in [0.1, 0.15) is 0 Å². The van der Waals surface area contributed by atoms with Crippen LogP contribution in [0.1, 0.15) is 6.99 Å². The molecule has 0 radical (unpaired) electrons. The number of anilines is 1. The summed E-state index contributed by atoms with van der Waals surface area (Å²) in [7, 11) is 2.16. The SMILES string of the molecule is CN1CCN(c2ccccc2C=C2SCCNC2=O)CC1.[H-].[Na+]. The van der Waals surface area contributed by atoms with Gasteiger partial charge in [-0.2, -0.15) is 0 Å². The van der Waals surface area contributed by atoms with E-state index in [2.05, 4.69) is 40.4 Å². The van der Waals surface area contributed by atoms with Crippen LogP contribution in [0, 0.1) is 0 Å². The van der Waals surface area contributed by atoms with Crippen LogP contribution in [-0.4, -0.2) is 56.3 Å². The van der Waals surface area contributed by atoms with E-state index in [4.69, 9.17) is 0 Å². The molecule has 1 amide bonds. The summed E-state index contributed by atoms with van der Waals surface area (Å²) >= 11 is 1.64. The van der Waals surface area contributed by atoms with E-state index in [1.165, 1.54) is 5.69 Å². The molecule has 2 aliphatic heterocycles. The molecule has 22 heavy (non-hydrogen) atoms. The van der Waals surface area contributed by atoms with E-state index in [9.17, 15) is 4.79 Å². The molecule has 1 aromatic rings. The quantitative estimate of drug-likeness (QED) is 0.544. The molecule has 2 fully saturated rings. The average molecular weight is 327 g/mol. The fourth-order valence-corrected chi connectivity index (χ4v) is 3.51. The fourth-order valence-electron chi connectivity index (χ4n) is 2.67. The molecule has 2 heterocycles. The summed E-state index contributed by atoms with van der Waals surface area (Å²) in [5.41, 5.74) is 2.37. The van der Waals surface area contributed by atoms with Crippen molar-refractivity contribution in [2.75, 3.05) is 50.4 Å². The van der Waals surface area contributed by atoms with Crippen LogP contribution in [0.2, 0.25) is 0 Å². The Morgan fingerprint density at radius 2 is 1.95 bits per heavy atom. The normalized spacial score (nSPS) is 21.4. The average Bonchev–Trinajstić information content (AvgIpc) is 2.51. The summed E-state index contributed by atoms with van der Waals surface area (Å²) in [6.45, 7) is 5.01. The number of hydrogen-bond acceptors (Lipinski definition) is 4. The molecule has 0 unspecified atom stereocenters. The molecule has 1 aromatic carbocycles. The molecule has 0 aliphatic carbocycles. The number of carbonyl (C=O) groups excluding carboxylic acids is 1. The van der Waals surface area contributed by atoms with E-state index in [0.717, 1.165) is 48.9 Å². The van der Waals surface area contributed by atoms with Crippen molar-refractivity contribution in [3.05, 3.63) is 34.7 Å². The maximum Gasteiger partial charge on any atom is 1.00 e. The van der Waals surface area contributed by atoms with E-state index in [1.807, 2.05) is 12.1 Å². The van der Waals surface area contributed by atoms with Gasteiger partial charge < -0.3 is 16.5 Å². The molecule has 0 atom stereocenters. The van der Waals surface area contributed by atoms with Gasteiger partial charge in [-0.3, -0.25) is 4.79 Å². The second-order valence-electron chi connectivity index (χ2n) is 5.46. The number of benzene rings is 1. The first-order chi connectivity index (χ1) is 10.2. The smallest absolute Gasteiger partial charge is 1.00 e. The summed E-state index contributed by atoms with van der Waals surface area (Å²) in [5, 5.41) is 2.91. The largest absolute Gasteiger partial charge is 1.00 e. The molecule has 4 nitrogen and oxygen atoms in total. The molecule has 0 saturated carbocycles. The number of rotatable bonds is 2. The third-order valence-electron chi connectivity index (χ3n) is 3.94. The van der Waals surface area contributed by atoms with Gasteiger partial charge in [0.15, 0.2) is 0 Å². The molecule has 2 aliphatic rings. The Bertz CT molecular complexity index is 562. The van der Waals surface area contributed by atoms with E-state index in [-0.39, 0.29) is 36.9 Å². The van der Waals surface area contributed by atoms with Crippen LogP contribution in [0.15, 0.2) is 29.2 Å². The van der Waals surface area contributed by atoms with Crippen molar-refractivity contribution in [1.29, 1.82) is 0 Å². The molecule has 0 spiro atoms. The minimum atomic E-state index is 0. The van der Waals surface area contributed by atoms with E-state index >= 15 is 0 Å². The van der Waals surface area contributed by atoms with Crippen molar-refractivity contribution in [1.82, 2.24) is 10.2 Å². The maximum absolute atomic E-state index is 11.9. The molecular weight excluding hydrogens is 305 g/mol. The first-order valence-corrected chi connectivity index (χ1v) is 8.38. The van der Waals surface area contributed by atoms with Crippen molar-refractivity contribution in [2.45, 2.75) is 0 Å². The van der Waals surface area contributed by atoms with Gasteiger partial charge in [-0.1, -0.05) is 18.2 Å². The number of thioether (sulfide) groups is 1. The van der Waals surface area contributed by atoms with E-state index in [1.54, 1.807) is 11.8 Å². The Kier molecular flexibility index (Phi) is 6.84. The van der Waals surface area contributed by atoms with Crippen LogP contribution in [0.25, 0.3) is 6.08 Å². The van der Waals surface area contributed by atoms with Crippen LogP contribution in [0.5, 0.6) is 0 Å². The number of piperazine rings is 1. The minimum Gasteiger partial charge on any atom is -1.00 e. The number of hydrogen-bond donors (Lipinski definition) is 1. The van der Waals surface area contributed by atoms with Gasteiger partial charge >= 0.3 is 29.6 Å². The van der Waals surface area contributed by atoms with Crippen molar-refractivity contribution in [3.8, 4) is 0 Å². The number of likely N-dealkylation sites (N-methyl/N-ethyl adjacent to an activating group) is 1. The molecule has 1 N–H and O–H groups in total. The third kappa shape index (κ3) is 4.30. The predicted molar refractivity (Wildman–Crippen MR) is 90.7 cm³/mol. The monoisotopic (exact) mass is 327 g/mol. The van der Waals surface area contributed by atoms with Crippen LogP contribution >= 0.6 is 11.8 Å². The molecule has 0 aromatic heterocycles. The standard InChI is InChI=1S/C16H21N3OS.Na.H/c1-18-7-9-19(10-8-18)14-5-3-2-4-13(14)12-15-16(20)17-6-11-21-15;;/h2-5,12H,6-11H2,1H3,(H,17,20);;/q;+1;-1. The van der Waals surface area contributed by atoms with Gasteiger partial charge in [0.05, 0.1) is 4.91 Å². The van der Waals surface area contributed by atoms with Crippen molar-refractivity contribution in [3.63, 3.8) is 0 Å². The van der Waals surface area contributed by atoms with Gasteiger partial charge in [-0.05, 0) is 24.8 Å². The Labute approximate surface area is 160 Å². The molecule has 2 saturated heterocycles. The van der Waals surface area contributed by atoms with Crippen LogP contribution < -0.4 is 39.8 Å². The predicted octanol–water partition coefficient (Wildman–Crippen LogP) is -1.24. The number of nitrogens with zero attached hydrogens (tertiary/aromatic N) is 2.